The molecule has 2 rings (SSSR count). The largest absolute Gasteiger partial charge is 0.491 e. The molecular formula is C13H16N2OS. The van der Waals surface area contributed by atoms with Crippen molar-refractivity contribution < 1.29 is 4.74 Å². The molecule has 0 aliphatic rings. The minimum Gasteiger partial charge on any atom is -0.491 e. The first kappa shape index (κ1) is 11.9. The van der Waals surface area contributed by atoms with E-state index in [9.17, 15) is 0 Å². The third-order valence-corrected chi connectivity index (χ3v) is 3.29. The van der Waals surface area contributed by atoms with Crippen LogP contribution in [-0.4, -0.2) is 18.1 Å². The predicted molar refractivity (Wildman–Crippen MR) is 72.9 cm³/mol. The summed E-state index contributed by atoms with van der Waals surface area (Å²) in [4.78, 5) is 5.42. The number of rotatable bonds is 4. The number of hydrogen-bond donors (Lipinski definition) is 1. The van der Waals surface area contributed by atoms with Crippen LogP contribution in [0.3, 0.4) is 0 Å². The Morgan fingerprint density at radius 1 is 1.24 bits per heavy atom. The van der Waals surface area contributed by atoms with Crippen LogP contribution in [0.15, 0.2) is 30.5 Å². The Kier molecular flexibility index (Phi) is 3.64. The van der Waals surface area contributed by atoms with Gasteiger partial charge >= 0.3 is 0 Å². The normalized spacial score (nSPS) is 10.6. The molecule has 0 saturated carbocycles. The van der Waals surface area contributed by atoms with Crippen molar-refractivity contribution in [1.29, 1.82) is 0 Å². The van der Waals surface area contributed by atoms with E-state index < -0.39 is 0 Å². The smallest absolute Gasteiger partial charge is 0.182 e. The van der Waals surface area contributed by atoms with Gasteiger partial charge in [-0.2, -0.15) is 0 Å². The molecule has 0 aliphatic heterocycles. The molecule has 0 radical (unpaired) electrons. The van der Waals surface area contributed by atoms with Crippen LogP contribution in [0.1, 0.15) is 13.8 Å². The van der Waals surface area contributed by atoms with Crippen molar-refractivity contribution in [3.05, 3.63) is 30.5 Å². The molecule has 2 aromatic rings. The van der Waals surface area contributed by atoms with Crippen molar-refractivity contribution in [1.82, 2.24) is 4.98 Å². The van der Waals surface area contributed by atoms with Crippen molar-refractivity contribution in [3.63, 3.8) is 0 Å². The lowest BCUT2D eigenvalue weighted by molar-refractivity contribution is 0.242. The van der Waals surface area contributed by atoms with Gasteiger partial charge in [0.1, 0.15) is 5.75 Å². The highest BCUT2D eigenvalue weighted by molar-refractivity contribution is 7.18. The van der Waals surface area contributed by atoms with Gasteiger partial charge in [-0.3, -0.25) is 0 Å². The van der Waals surface area contributed by atoms with Gasteiger partial charge in [0.05, 0.1) is 11.0 Å². The molecule has 0 atom stereocenters. The van der Waals surface area contributed by atoms with Crippen LogP contribution in [0.4, 0.5) is 5.13 Å². The lowest BCUT2D eigenvalue weighted by Crippen LogP contribution is -2.04. The summed E-state index contributed by atoms with van der Waals surface area (Å²) in [7, 11) is 1.88. The molecule has 1 aromatic carbocycles. The summed E-state index contributed by atoms with van der Waals surface area (Å²) in [6.45, 7) is 4.05. The van der Waals surface area contributed by atoms with Gasteiger partial charge in [0.25, 0.3) is 0 Å². The topological polar surface area (TPSA) is 34.2 Å². The number of hydrogen-bond acceptors (Lipinski definition) is 4. The SMILES string of the molecule is CNc1ncc(-c2ccc(OC(C)C)cc2)s1. The highest BCUT2D eigenvalue weighted by Gasteiger charge is 2.04. The highest BCUT2D eigenvalue weighted by atomic mass is 32.1. The second kappa shape index (κ2) is 5.19. The van der Waals surface area contributed by atoms with Gasteiger partial charge < -0.3 is 10.1 Å². The average Bonchev–Trinajstić information content (AvgIpc) is 2.78. The molecular weight excluding hydrogens is 232 g/mol. The summed E-state index contributed by atoms with van der Waals surface area (Å²) in [5.41, 5.74) is 1.17. The Morgan fingerprint density at radius 3 is 2.47 bits per heavy atom. The van der Waals surface area contributed by atoms with Crippen LogP contribution in [0, 0.1) is 0 Å². The third kappa shape index (κ3) is 2.97. The van der Waals surface area contributed by atoms with Crippen LogP contribution in [0.2, 0.25) is 0 Å². The second-order valence-electron chi connectivity index (χ2n) is 3.97. The lowest BCUT2D eigenvalue weighted by atomic mass is 10.2. The molecule has 0 saturated heterocycles. The molecule has 90 valence electrons. The number of anilines is 1. The zero-order valence-electron chi connectivity index (χ0n) is 10.2. The second-order valence-corrected chi connectivity index (χ2v) is 5.00. The van der Waals surface area contributed by atoms with Gasteiger partial charge in [0.2, 0.25) is 0 Å². The van der Waals surface area contributed by atoms with Crippen LogP contribution in [0.25, 0.3) is 10.4 Å². The van der Waals surface area contributed by atoms with E-state index in [1.165, 1.54) is 5.56 Å². The summed E-state index contributed by atoms with van der Waals surface area (Å²) in [5.74, 6) is 0.905. The maximum absolute atomic E-state index is 5.61. The van der Waals surface area contributed by atoms with Crippen LogP contribution >= 0.6 is 11.3 Å². The number of thiazole rings is 1. The first-order chi connectivity index (χ1) is 8.19. The van der Waals surface area contributed by atoms with Gasteiger partial charge in [0, 0.05) is 13.2 Å². The van der Waals surface area contributed by atoms with E-state index in [-0.39, 0.29) is 6.10 Å². The molecule has 0 fully saturated rings. The van der Waals surface area contributed by atoms with Crippen molar-refractivity contribution in [2.45, 2.75) is 20.0 Å². The van der Waals surface area contributed by atoms with E-state index in [0.29, 0.717) is 0 Å². The summed E-state index contributed by atoms with van der Waals surface area (Å²) in [6, 6.07) is 8.11. The molecule has 1 aromatic heterocycles. The monoisotopic (exact) mass is 248 g/mol. The van der Waals surface area contributed by atoms with Gasteiger partial charge in [-0.05, 0) is 43.7 Å². The zero-order valence-corrected chi connectivity index (χ0v) is 11.0. The summed E-state index contributed by atoms with van der Waals surface area (Å²) in [6.07, 6.45) is 2.09. The minimum absolute atomic E-state index is 0.208. The van der Waals surface area contributed by atoms with Crippen LogP contribution < -0.4 is 10.1 Å². The van der Waals surface area contributed by atoms with E-state index in [2.05, 4.69) is 22.4 Å². The molecule has 0 bridgehead atoms. The zero-order chi connectivity index (χ0) is 12.3. The van der Waals surface area contributed by atoms with E-state index in [1.54, 1.807) is 11.3 Å². The first-order valence-corrected chi connectivity index (χ1v) is 6.41. The number of ether oxygens (including phenoxy) is 1. The Balaban J connectivity index is 2.17. The standard InChI is InChI=1S/C13H16N2OS/c1-9(2)16-11-6-4-10(5-7-11)12-8-15-13(14-3)17-12/h4-9H,1-3H3,(H,14,15). The van der Waals surface area contributed by atoms with Crippen molar-refractivity contribution in [2.75, 3.05) is 12.4 Å². The molecule has 0 unspecified atom stereocenters. The molecule has 0 amide bonds. The Labute approximate surface area is 105 Å². The van der Waals surface area contributed by atoms with Gasteiger partial charge in [-0.1, -0.05) is 11.3 Å². The minimum atomic E-state index is 0.208. The quantitative estimate of drug-likeness (QED) is 0.897. The Bertz CT molecular complexity index is 476. The summed E-state index contributed by atoms with van der Waals surface area (Å²) >= 11 is 1.64. The van der Waals surface area contributed by atoms with Crippen molar-refractivity contribution >= 4 is 16.5 Å². The maximum atomic E-state index is 5.61. The molecule has 4 heteroatoms. The number of benzene rings is 1. The van der Waals surface area contributed by atoms with E-state index in [0.717, 1.165) is 15.8 Å². The number of nitrogens with zero attached hydrogens (tertiary/aromatic N) is 1. The van der Waals surface area contributed by atoms with Gasteiger partial charge in [-0.15, -0.1) is 0 Å². The van der Waals surface area contributed by atoms with Crippen LogP contribution in [-0.2, 0) is 0 Å². The van der Waals surface area contributed by atoms with E-state index >= 15 is 0 Å². The molecule has 1 N–H and O–H groups in total. The third-order valence-electron chi connectivity index (χ3n) is 2.23. The highest BCUT2D eigenvalue weighted by Crippen LogP contribution is 2.29. The molecule has 17 heavy (non-hydrogen) atoms. The number of aromatic nitrogens is 1. The first-order valence-electron chi connectivity index (χ1n) is 5.59. The Hall–Kier alpha value is -1.55. The van der Waals surface area contributed by atoms with Crippen molar-refractivity contribution in [2.24, 2.45) is 0 Å². The maximum Gasteiger partial charge on any atom is 0.182 e. The van der Waals surface area contributed by atoms with Crippen molar-refractivity contribution in [3.8, 4) is 16.2 Å². The molecule has 0 aliphatic carbocycles. The predicted octanol–water partition coefficient (Wildman–Crippen LogP) is 3.64. The lowest BCUT2D eigenvalue weighted by Gasteiger charge is -2.09. The molecule has 0 spiro atoms. The van der Waals surface area contributed by atoms with Gasteiger partial charge in [-0.25, -0.2) is 4.98 Å². The average molecular weight is 248 g/mol. The summed E-state index contributed by atoms with van der Waals surface area (Å²) < 4.78 is 5.61. The van der Waals surface area contributed by atoms with Gasteiger partial charge in [0.15, 0.2) is 5.13 Å². The van der Waals surface area contributed by atoms with Crippen LogP contribution in [0.5, 0.6) is 5.75 Å². The fourth-order valence-electron chi connectivity index (χ4n) is 1.49. The fourth-order valence-corrected chi connectivity index (χ4v) is 2.27. The molecule has 3 nitrogen and oxygen atoms in total. The Morgan fingerprint density at radius 2 is 1.94 bits per heavy atom. The number of nitrogens with one attached hydrogen (secondary N) is 1. The van der Waals surface area contributed by atoms with E-state index in [1.807, 2.05) is 39.2 Å². The molecule has 1 heterocycles. The fraction of sp³-hybridized carbons (Fsp3) is 0.308. The summed E-state index contributed by atoms with van der Waals surface area (Å²) in [5, 5.41) is 3.97. The van der Waals surface area contributed by atoms with E-state index in [4.69, 9.17) is 4.74 Å².